The van der Waals surface area contributed by atoms with Crippen LogP contribution >= 0.6 is 0 Å². The first-order chi connectivity index (χ1) is 14.4. The lowest BCUT2D eigenvalue weighted by Gasteiger charge is -2.46. The Morgan fingerprint density at radius 1 is 1.03 bits per heavy atom. The minimum atomic E-state index is -0.467. The smallest absolute Gasteiger partial charge is 0.290 e. The maximum absolute atomic E-state index is 13.6. The van der Waals surface area contributed by atoms with Crippen molar-refractivity contribution >= 4 is 18.3 Å². The highest BCUT2D eigenvalue weighted by Gasteiger charge is 2.47. The van der Waals surface area contributed by atoms with E-state index in [1.54, 1.807) is 23.6 Å². The van der Waals surface area contributed by atoms with Crippen LogP contribution in [0.4, 0.5) is 0 Å². The quantitative estimate of drug-likeness (QED) is 0.697. The molecule has 8 nitrogen and oxygen atoms in total. The fourth-order valence-corrected chi connectivity index (χ4v) is 6.11. The van der Waals surface area contributed by atoms with Gasteiger partial charge in [0.05, 0.1) is 0 Å². The number of piperidine rings is 1. The van der Waals surface area contributed by atoms with E-state index in [1.807, 2.05) is 15.9 Å². The minimum absolute atomic E-state index is 0.0215. The van der Waals surface area contributed by atoms with Gasteiger partial charge in [0.1, 0.15) is 6.04 Å². The van der Waals surface area contributed by atoms with E-state index in [1.165, 1.54) is 19.3 Å². The van der Waals surface area contributed by atoms with Crippen LogP contribution in [0.3, 0.4) is 0 Å². The average molecular weight is 415 g/mol. The van der Waals surface area contributed by atoms with Crippen LogP contribution in [0.5, 0.6) is 0 Å². The molecule has 5 rings (SSSR count). The number of pyridine rings is 1. The molecular formula is C22H29N3O5. The number of carbonyl (C=O) groups is 3. The number of carboxylic acid groups (broad SMARTS) is 1. The van der Waals surface area contributed by atoms with Crippen molar-refractivity contribution in [1.82, 2.24) is 14.4 Å². The number of aromatic nitrogens is 1. The van der Waals surface area contributed by atoms with Gasteiger partial charge < -0.3 is 14.9 Å². The van der Waals surface area contributed by atoms with Crippen LogP contribution in [0.1, 0.15) is 50.3 Å². The van der Waals surface area contributed by atoms with Gasteiger partial charge in [0, 0.05) is 56.7 Å². The Morgan fingerprint density at radius 3 is 2.30 bits per heavy atom. The van der Waals surface area contributed by atoms with Crippen LogP contribution in [0.2, 0.25) is 0 Å². The van der Waals surface area contributed by atoms with Crippen molar-refractivity contribution in [3.63, 3.8) is 0 Å². The zero-order valence-corrected chi connectivity index (χ0v) is 17.3. The molecule has 4 heterocycles. The van der Waals surface area contributed by atoms with Crippen LogP contribution in [0, 0.1) is 17.8 Å². The first kappa shape index (κ1) is 20.6. The van der Waals surface area contributed by atoms with Gasteiger partial charge >= 0.3 is 0 Å². The monoisotopic (exact) mass is 415 g/mol. The molecule has 1 aromatic heterocycles. The van der Waals surface area contributed by atoms with Gasteiger partial charge in [-0.25, -0.2) is 0 Å². The first-order valence-electron chi connectivity index (χ1n) is 10.8. The SMILES string of the molecule is CC(=O)N1C[C@H]2C[C@@H](C1)[C@H](C(=O)N1C[C@H]3CCC[C@H]3C1)n1c2cccc1=O.O=CO. The van der Waals surface area contributed by atoms with Crippen LogP contribution in [-0.4, -0.2) is 63.9 Å². The van der Waals surface area contributed by atoms with Gasteiger partial charge in [-0.3, -0.25) is 23.7 Å². The minimum Gasteiger partial charge on any atom is -0.483 e. The van der Waals surface area contributed by atoms with E-state index in [0.29, 0.717) is 24.9 Å². The van der Waals surface area contributed by atoms with Crippen molar-refractivity contribution in [2.24, 2.45) is 17.8 Å². The molecule has 0 spiro atoms. The molecule has 5 atom stereocenters. The topological polar surface area (TPSA) is 99.9 Å². The Morgan fingerprint density at radius 2 is 1.67 bits per heavy atom. The fraction of sp³-hybridized carbons (Fsp3) is 0.636. The van der Waals surface area contributed by atoms with E-state index in [0.717, 1.165) is 25.2 Å². The summed E-state index contributed by atoms with van der Waals surface area (Å²) in [7, 11) is 0. The first-order valence-corrected chi connectivity index (χ1v) is 10.8. The summed E-state index contributed by atoms with van der Waals surface area (Å²) in [6, 6.07) is 4.84. The second-order valence-corrected chi connectivity index (χ2v) is 9.02. The predicted octanol–water partition coefficient (Wildman–Crippen LogP) is 1.31. The maximum atomic E-state index is 13.6. The average Bonchev–Trinajstić information content (AvgIpc) is 3.31. The van der Waals surface area contributed by atoms with Gasteiger partial charge in [-0.05, 0) is 37.2 Å². The normalized spacial score (nSPS) is 31.3. The standard InChI is InChI=1S/C21H27N3O3.CH2O2/c1-13(25)22-11-16-8-17(12-22)20(24-18(16)6-3-7-19(24)26)21(27)23-9-14-4-2-5-15(14)10-23;2-1-3/h3,6-7,14-17,20H,2,4-5,8-12H2,1H3;1H,(H,2,3)/t14-,15+,16-,17+,20-;/m1./s1. The molecule has 0 unspecified atom stereocenters. The van der Waals surface area contributed by atoms with Crippen LogP contribution < -0.4 is 5.56 Å². The summed E-state index contributed by atoms with van der Waals surface area (Å²) in [5.41, 5.74) is 0.832. The molecule has 1 aliphatic carbocycles. The number of amides is 2. The Labute approximate surface area is 175 Å². The molecule has 4 aliphatic rings. The van der Waals surface area contributed by atoms with Crippen molar-refractivity contribution in [3.8, 4) is 0 Å². The van der Waals surface area contributed by atoms with Gasteiger partial charge in [0.15, 0.2) is 0 Å². The van der Waals surface area contributed by atoms with Crippen molar-refractivity contribution in [2.75, 3.05) is 26.2 Å². The third-order valence-electron chi connectivity index (χ3n) is 7.38. The van der Waals surface area contributed by atoms with E-state index in [9.17, 15) is 14.4 Å². The molecule has 162 valence electrons. The lowest BCUT2D eigenvalue weighted by molar-refractivity contribution is -0.141. The Hall–Kier alpha value is -2.64. The molecule has 30 heavy (non-hydrogen) atoms. The van der Waals surface area contributed by atoms with Gasteiger partial charge in [-0.2, -0.15) is 0 Å². The lowest BCUT2D eigenvalue weighted by Crippen LogP contribution is -2.54. The van der Waals surface area contributed by atoms with E-state index in [4.69, 9.17) is 9.90 Å². The zero-order valence-electron chi connectivity index (χ0n) is 17.3. The maximum Gasteiger partial charge on any atom is 0.290 e. The number of hydrogen-bond donors (Lipinski definition) is 1. The van der Waals surface area contributed by atoms with Crippen molar-refractivity contribution in [2.45, 2.75) is 44.6 Å². The summed E-state index contributed by atoms with van der Waals surface area (Å²) in [6.45, 7) is 4.23. The van der Waals surface area contributed by atoms with E-state index in [-0.39, 0.29) is 35.7 Å². The molecule has 1 aromatic rings. The van der Waals surface area contributed by atoms with Crippen LogP contribution in [-0.2, 0) is 14.4 Å². The number of carbonyl (C=O) groups excluding carboxylic acids is 2. The molecule has 1 N–H and O–H groups in total. The highest BCUT2D eigenvalue weighted by Crippen LogP contribution is 2.44. The molecule has 0 aromatic carbocycles. The van der Waals surface area contributed by atoms with Crippen LogP contribution in [0.15, 0.2) is 23.0 Å². The summed E-state index contributed by atoms with van der Waals surface area (Å²) >= 11 is 0. The molecule has 2 amide bonds. The summed E-state index contributed by atoms with van der Waals surface area (Å²) < 4.78 is 1.76. The molecule has 2 saturated heterocycles. The predicted molar refractivity (Wildman–Crippen MR) is 109 cm³/mol. The highest BCUT2D eigenvalue weighted by atomic mass is 16.3. The summed E-state index contributed by atoms with van der Waals surface area (Å²) in [6.07, 6.45) is 4.60. The fourth-order valence-electron chi connectivity index (χ4n) is 6.11. The van der Waals surface area contributed by atoms with E-state index in [2.05, 4.69) is 0 Å². The van der Waals surface area contributed by atoms with Crippen molar-refractivity contribution in [1.29, 1.82) is 0 Å². The Balaban J connectivity index is 0.000000687. The third-order valence-corrected chi connectivity index (χ3v) is 7.38. The van der Waals surface area contributed by atoms with Crippen molar-refractivity contribution < 1.29 is 19.5 Å². The van der Waals surface area contributed by atoms with E-state index < -0.39 is 6.04 Å². The van der Waals surface area contributed by atoms with Crippen molar-refractivity contribution in [3.05, 3.63) is 34.2 Å². The van der Waals surface area contributed by atoms with Gasteiger partial charge in [0.25, 0.3) is 12.0 Å². The molecule has 0 radical (unpaired) electrons. The molecular weight excluding hydrogens is 386 g/mol. The highest BCUT2D eigenvalue weighted by molar-refractivity contribution is 5.82. The zero-order chi connectivity index (χ0) is 21.4. The largest absolute Gasteiger partial charge is 0.483 e. The molecule has 8 heteroatoms. The van der Waals surface area contributed by atoms with Crippen LogP contribution in [0.25, 0.3) is 0 Å². The summed E-state index contributed by atoms with van der Waals surface area (Å²) in [5, 5.41) is 6.89. The molecule has 3 aliphatic heterocycles. The van der Waals surface area contributed by atoms with Gasteiger partial charge in [0.2, 0.25) is 11.8 Å². The number of rotatable bonds is 1. The molecule has 2 bridgehead atoms. The Bertz CT molecular complexity index is 885. The second kappa shape index (κ2) is 8.24. The number of hydrogen-bond acceptors (Lipinski definition) is 4. The molecule has 3 fully saturated rings. The van der Waals surface area contributed by atoms with Gasteiger partial charge in [-0.1, -0.05) is 12.5 Å². The third kappa shape index (κ3) is 3.52. The van der Waals surface area contributed by atoms with E-state index >= 15 is 0 Å². The number of nitrogens with zero attached hydrogens (tertiary/aromatic N) is 3. The molecule has 1 saturated carbocycles. The summed E-state index contributed by atoms with van der Waals surface area (Å²) in [4.78, 5) is 50.6. The Kier molecular flexibility index (Phi) is 5.66. The summed E-state index contributed by atoms with van der Waals surface area (Å²) in [5.74, 6) is 1.58. The number of fused-ring (bicyclic) bond motifs is 5. The van der Waals surface area contributed by atoms with Gasteiger partial charge in [-0.15, -0.1) is 0 Å². The second-order valence-electron chi connectivity index (χ2n) is 9.02. The lowest BCUT2D eigenvalue weighted by atomic mass is 9.78. The number of likely N-dealkylation sites (tertiary alicyclic amines) is 2.